The van der Waals surface area contributed by atoms with Gasteiger partial charge in [-0.25, -0.2) is 23.2 Å². The second-order valence-corrected chi connectivity index (χ2v) is 8.42. The van der Waals surface area contributed by atoms with E-state index < -0.39 is 17.6 Å². The minimum Gasteiger partial charge on any atom is -0.462 e. The number of amides is 1. The first kappa shape index (κ1) is 23.0. The van der Waals surface area contributed by atoms with Gasteiger partial charge >= 0.3 is 11.7 Å². The van der Waals surface area contributed by atoms with Crippen LogP contribution in [0.5, 0.6) is 0 Å². The highest BCUT2D eigenvalue weighted by atomic mass is 16.5. The average Bonchev–Trinajstić information content (AvgIpc) is 3.42. The molecule has 0 fully saturated rings. The number of hydrogen-bond donors (Lipinski definition) is 1. The fourth-order valence-corrected chi connectivity index (χ4v) is 4.09. The third-order valence-electron chi connectivity index (χ3n) is 5.85. The van der Waals surface area contributed by atoms with Crippen molar-refractivity contribution in [1.29, 1.82) is 0 Å². The topological polar surface area (TPSA) is 112 Å². The van der Waals surface area contributed by atoms with Crippen LogP contribution in [0.2, 0.25) is 0 Å². The predicted octanol–water partition coefficient (Wildman–Crippen LogP) is 3.24. The van der Waals surface area contributed by atoms with E-state index in [1.54, 1.807) is 48.1 Å². The van der Waals surface area contributed by atoms with Crippen LogP contribution in [0.4, 0.5) is 5.69 Å². The summed E-state index contributed by atoms with van der Waals surface area (Å²) in [5.41, 5.74) is 5.05. The highest BCUT2D eigenvalue weighted by Gasteiger charge is 2.18. The fourth-order valence-electron chi connectivity index (χ4n) is 4.09. The number of aryl methyl sites for hydroxylation is 2. The molecule has 0 atom stereocenters. The molecule has 182 valence electrons. The van der Waals surface area contributed by atoms with Crippen molar-refractivity contribution >= 4 is 28.7 Å². The number of fused-ring (bicyclic) bond motifs is 3. The highest BCUT2D eigenvalue weighted by molar-refractivity contribution is 6.01. The molecule has 3 heterocycles. The van der Waals surface area contributed by atoms with Crippen molar-refractivity contribution in [3.05, 3.63) is 88.1 Å². The lowest BCUT2D eigenvalue weighted by Gasteiger charge is -2.10. The van der Waals surface area contributed by atoms with Crippen molar-refractivity contribution in [2.24, 2.45) is 0 Å². The van der Waals surface area contributed by atoms with Crippen LogP contribution < -0.4 is 11.0 Å². The lowest BCUT2D eigenvalue weighted by atomic mass is 10.0. The van der Waals surface area contributed by atoms with Crippen molar-refractivity contribution in [3.8, 4) is 11.3 Å². The quantitative estimate of drug-likeness (QED) is 0.370. The average molecular weight is 485 g/mol. The van der Waals surface area contributed by atoms with Gasteiger partial charge < -0.3 is 10.1 Å². The Morgan fingerprint density at radius 3 is 2.64 bits per heavy atom. The lowest BCUT2D eigenvalue weighted by molar-refractivity contribution is -0.117. The maximum Gasteiger partial charge on any atom is 0.350 e. The van der Waals surface area contributed by atoms with Crippen LogP contribution in [0.1, 0.15) is 28.4 Å². The number of nitrogens with zero attached hydrogens (tertiary/aromatic N) is 5. The van der Waals surface area contributed by atoms with E-state index >= 15 is 0 Å². The zero-order valence-corrected chi connectivity index (χ0v) is 20.1. The molecule has 5 rings (SSSR count). The van der Waals surface area contributed by atoms with Crippen LogP contribution in [-0.4, -0.2) is 42.3 Å². The monoisotopic (exact) mass is 484 g/mol. The number of esters is 1. The first-order valence-electron chi connectivity index (χ1n) is 11.5. The zero-order valence-electron chi connectivity index (χ0n) is 20.1. The van der Waals surface area contributed by atoms with Gasteiger partial charge in [0, 0.05) is 18.0 Å². The maximum absolute atomic E-state index is 13.0. The van der Waals surface area contributed by atoms with E-state index in [2.05, 4.69) is 21.6 Å². The number of carbonyl (C=O) groups is 2. The molecule has 0 unspecified atom stereocenters. The van der Waals surface area contributed by atoms with Gasteiger partial charge in [-0.05, 0) is 50.6 Å². The van der Waals surface area contributed by atoms with Crippen molar-refractivity contribution in [2.75, 3.05) is 11.9 Å². The van der Waals surface area contributed by atoms with Crippen LogP contribution in [0.3, 0.4) is 0 Å². The van der Waals surface area contributed by atoms with Gasteiger partial charge in [0.1, 0.15) is 12.1 Å². The van der Waals surface area contributed by atoms with Crippen molar-refractivity contribution < 1.29 is 14.3 Å². The summed E-state index contributed by atoms with van der Waals surface area (Å²) in [5.74, 6) is -1.04. The first-order valence-corrected chi connectivity index (χ1v) is 11.5. The minimum absolute atomic E-state index is 0.214. The summed E-state index contributed by atoms with van der Waals surface area (Å²) < 4.78 is 9.18. The maximum atomic E-state index is 13.0. The number of hydrogen-bond acceptors (Lipinski definition) is 6. The molecule has 0 bridgehead atoms. The standard InChI is InChI=1S/C26H24N6O4/c1-4-36-25(34)18-7-5-6-8-20(18)27-23(33)15-32-26(35)30-11-12-31-22(24(30)29-32)14-21(28-31)19-13-16(2)9-10-17(19)3/h5-14H,4,15H2,1-3H3,(H,27,33). The van der Waals surface area contributed by atoms with Gasteiger partial charge in [-0.15, -0.1) is 5.10 Å². The van der Waals surface area contributed by atoms with E-state index in [1.807, 2.05) is 32.0 Å². The summed E-state index contributed by atoms with van der Waals surface area (Å²) in [5, 5.41) is 11.7. The number of nitrogens with one attached hydrogen (secondary N) is 1. The second-order valence-electron chi connectivity index (χ2n) is 8.42. The zero-order chi connectivity index (χ0) is 25.4. The Labute approximate surface area is 205 Å². The lowest BCUT2D eigenvalue weighted by Crippen LogP contribution is -2.28. The third kappa shape index (κ3) is 4.13. The molecule has 1 N–H and O–H groups in total. The number of ether oxygens (including phenoxy) is 1. The smallest absolute Gasteiger partial charge is 0.350 e. The molecule has 0 spiro atoms. The fraction of sp³-hybridized carbons (Fsp3) is 0.192. The van der Waals surface area contributed by atoms with Crippen LogP contribution in [-0.2, 0) is 16.1 Å². The third-order valence-corrected chi connectivity index (χ3v) is 5.85. The van der Waals surface area contributed by atoms with E-state index in [0.29, 0.717) is 16.9 Å². The molecular formula is C26H24N6O4. The van der Waals surface area contributed by atoms with E-state index in [9.17, 15) is 14.4 Å². The molecule has 1 amide bonds. The van der Waals surface area contributed by atoms with Gasteiger partial charge in [-0.1, -0.05) is 29.8 Å². The summed E-state index contributed by atoms with van der Waals surface area (Å²) in [7, 11) is 0. The number of aromatic nitrogens is 5. The molecule has 0 saturated heterocycles. The van der Waals surface area contributed by atoms with Crippen LogP contribution in [0.15, 0.2) is 65.7 Å². The SMILES string of the molecule is CCOC(=O)c1ccccc1NC(=O)Cn1nc2c3cc(-c4cc(C)ccc4C)nn3ccn2c1=O. The van der Waals surface area contributed by atoms with Crippen molar-refractivity contribution in [1.82, 2.24) is 23.8 Å². The van der Waals surface area contributed by atoms with Gasteiger partial charge in [0.25, 0.3) is 0 Å². The van der Waals surface area contributed by atoms with Crippen LogP contribution >= 0.6 is 0 Å². The normalized spacial score (nSPS) is 11.2. The molecule has 3 aromatic heterocycles. The molecule has 0 aliphatic heterocycles. The number of benzene rings is 2. The molecule has 10 heteroatoms. The number of para-hydroxylation sites is 1. The Hall–Kier alpha value is -4.73. The van der Waals surface area contributed by atoms with Gasteiger partial charge in [-0.3, -0.25) is 4.79 Å². The molecule has 0 aliphatic carbocycles. The Kier molecular flexibility index (Phi) is 5.85. The molecule has 5 aromatic rings. The van der Waals surface area contributed by atoms with Gasteiger partial charge in [0.2, 0.25) is 5.91 Å². The number of anilines is 1. The Morgan fingerprint density at radius 2 is 1.83 bits per heavy atom. The van der Waals surface area contributed by atoms with Gasteiger partial charge in [0.05, 0.1) is 23.6 Å². The summed E-state index contributed by atoms with van der Waals surface area (Å²) in [4.78, 5) is 37.9. The van der Waals surface area contributed by atoms with Crippen LogP contribution in [0.25, 0.3) is 22.4 Å². The molecule has 0 aliphatic rings. The van der Waals surface area contributed by atoms with E-state index in [-0.39, 0.29) is 18.7 Å². The summed E-state index contributed by atoms with van der Waals surface area (Å²) >= 11 is 0. The number of rotatable bonds is 6. The van der Waals surface area contributed by atoms with Gasteiger partial charge in [0.15, 0.2) is 5.65 Å². The molecule has 0 radical (unpaired) electrons. The molecule has 2 aromatic carbocycles. The second kappa shape index (κ2) is 9.14. The van der Waals surface area contributed by atoms with E-state index in [0.717, 1.165) is 27.1 Å². The summed E-state index contributed by atoms with van der Waals surface area (Å²) in [6, 6.07) is 14.6. The molecular weight excluding hydrogens is 460 g/mol. The van der Waals surface area contributed by atoms with Gasteiger partial charge in [-0.2, -0.15) is 5.10 Å². The Morgan fingerprint density at radius 1 is 1.03 bits per heavy atom. The minimum atomic E-state index is -0.541. The van der Waals surface area contributed by atoms with Crippen molar-refractivity contribution in [2.45, 2.75) is 27.3 Å². The van der Waals surface area contributed by atoms with E-state index in [4.69, 9.17) is 4.74 Å². The Bertz CT molecular complexity index is 1690. The highest BCUT2D eigenvalue weighted by Crippen LogP contribution is 2.25. The largest absolute Gasteiger partial charge is 0.462 e. The molecule has 10 nitrogen and oxygen atoms in total. The number of carbonyl (C=O) groups excluding carboxylic acids is 2. The van der Waals surface area contributed by atoms with Crippen LogP contribution in [0, 0.1) is 13.8 Å². The molecule has 0 saturated carbocycles. The van der Waals surface area contributed by atoms with Crippen molar-refractivity contribution in [3.63, 3.8) is 0 Å². The first-order chi connectivity index (χ1) is 17.4. The predicted molar refractivity (Wildman–Crippen MR) is 134 cm³/mol. The Balaban J connectivity index is 1.47. The summed E-state index contributed by atoms with van der Waals surface area (Å²) in [6.45, 7) is 5.63. The van der Waals surface area contributed by atoms with E-state index in [1.165, 1.54) is 4.40 Å². The molecule has 36 heavy (non-hydrogen) atoms. The summed E-state index contributed by atoms with van der Waals surface area (Å²) in [6.07, 6.45) is 3.25.